The maximum absolute atomic E-state index is 14.1. The summed E-state index contributed by atoms with van der Waals surface area (Å²) in [4.78, 5) is 12.3. The van der Waals surface area contributed by atoms with Crippen LogP contribution >= 0.6 is 0 Å². The molecule has 0 fully saturated rings. The van der Waals surface area contributed by atoms with E-state index in [2.05, 4.69) is 16.7 Å². The minimum Gasteiger partial charge on any atom is -0.331 e. The van der Waals surface area contributed by atoms with Crippen molar-refractivity contribution in [3.63, 3.8) is 0 Å². The predicted octanol–water partition coefficient (Wildman–Crippen LogP) is 3.57. The van der Waals surface area contributed by atoms with Crippen LogP contribution in [-0.4, -0.2) is 20.7 Å². The van der Waals surface area contributed by atoms with Crippen molar-refractivity contribution in [2.45, 2.75) is 31.1 Å². The molecular formula is C19H21FN2O3S. The lowest BCUT2D eigenvalue weighted by molar-refractivity contribution is 0.247. The molecule has 0 bridgehead atoms. The van der Waals surface area contributed by atoms with E-state index < -0.39 is 21.7 Å². The Balaban J connectivity index is 1.67. The van der Waals surface area contributed by atoms with Crippen LogP contribution in [0.15, 0.2) is 42.5 Å². The SMILES string of the molecule is CS(=O)(=O)Cc1ccc(NC(=O)NC2CCCc3ccccc32)cc1F. The van der Waals surface area contributed by atoms with Crippen LogP contribution in [0, 0.1) is 5.82 Å². The number of urea groups is 1. The zero-order chi connectivity index (χ0) is 18.7. The van der Waals surface area contributed by atoms with E-state index in [0.29, 0.717) is 0 Å². The third kappa shape index (κ3) is 4.60. The first-order chi connectivity index (χ1) is 12.3. The summed E-state index contributed by atoms with van der Waals surface area (Å²) < 4.78 is 36.6. The summed E-state index contributed by atoms with van der Waals surface area (Å²) in [5.41, 5.74) is 2.71. The molecular weight excluding hydrogens is 355 g/mol. The van der Waals surface area contributed by atoms with Crippen molar-refractivity contribution in [1.29, 1.82) is 0 Å². The van der Waals surface area contributed by atoms with Crippen LogP contribution in [-0.2, 0) is 22.0 Å². The van der Waals surface area contributed by atoms with E-state index in [1.165, 1.54) is 17.7 Å². The minimum atomic E-state index is -3.32. The van der Waals surface area contributed by atoms with E-state index >= 15 is 0 Å². The number of benzene rings is 2. The molecule has 138 valence electrons. The fourth-order valence-corrected chi connectivity index (χ4v) is 4.05. The summed E-state index contributed by atoms with van der Waals surface area (Å²) in [7, 11) is -3.32. The molecule has 0 radical (unpaired) electrons. The molecule has 0 aliphatic heterocycles. The maximum atomic E-state index is 14.1. The van der Waals surface area contributed by atoms with Crippen LogP contribution in [0.5, 0.6) is 0 Å². The molecule has 26 heavy (non-hydrogen) atoms. The molecule has 3 rings (SSSR count). The van der Waals surface area contributed by atoms with Crippen molar-refractivity contribution in [2.75, 3.05) is 11.6 Å². The number of sulfone groups is 1. The second-order valence-corrected chi connectivity index (χ2v) is 8.76. The third-order valence-corrected chi connectivity index (χ3v) is 5.24. The number of amides is 2. The molecule has 5 nitrogen and oxygen atoms in total. The quantitative estimate of drug-likeness (QED) is 0.857. The molecule has 0 aromatic heterocycles. The number of fused-ring (bicyclic) bond motifs is 1. The highest BCUT2D eigenvalue weighted by atomic mass is 32.2. The van der Waals surface area contributed by atoms with Gasteiger partial charge in [0.2, 0.25) is 0 Å². The van der Waals surface area contributed by atoms with Crippen LogP contribution in [0.3, 0.4) is 0 Å². The van der Waals surface area contributed by atoms with E-state index in [1.54, 1.807) is 0 Å². The number of carbonyl (C=O) groups is 1. The van der Waals surface area contributed by atoms with Crippen LogP contribution in [0.2, 0.25) is 0 Å². The molecule has 2 N–H and O–H groups in total. The number of aryl methyl sites for hydroxylation is 1. The van der Waals surface area contributed by atoms with Gasteiger partial charge < -0.3 is 10.6 Å². The Morgan fingerprint density at radius 2 is 2.00 bits per heavy atom. The van der Waals surface area contributed by atoms with Gasteiger partial charge in [0, 0.05) is 17.5 Å². The maximum Gasteiger partial charge on any atom is 0.319 e. The lowest BCUT2D eigenvalue weighted by Crippen LogP contribution is -2.34. The number of halogens is 1. The zero-order valence-electron chi connectivity index (χ0n) is 14.5. The molecule has 1 atom stereocenters. The minimum absolute atomic E-state index is 0.0747. The second-order valence-electron chi connectivity index (χ2n) is 6.62. The summed E-state index contributed by atoms with van der Waals surface area (Å²) in [6.07, 6.45) is 3.90. The van der Waals surface area contributed by atoms with Gasteiger partial charge in [0.15, 0.2) is 9.84 Å². The summed E-state index contributed by atoms with van der Waals surface area (Å²) in [5.74, 6) is -1.03. The average molecular weight is 376 g/mol. The van der Waals surface area contributed by atoms with Gasteiger partial charge in [0.05, 0.1) is 11.8 Å². The molecule has 7 heteroatoms. The zero-order valence-corrected chi connectivity index (χ0v) is 15.3. The Morgan fingerprint density at radius 3 is 2.73 bits per heavy atom. The number of hydrogen-bond donors (Lipinski definition) is 2. The largest absolute Gasteiger partial charge is 0.331 e. The fraction of sp³-hybridized carbons (Fsp3) is 0.316. The first kappa shape index (κ1) is 18.4. The lowest BCUT2D eigenvalue weighted by Gasteiger charge is -2.26. The van der Waals surface area contributed by atoms with Crippen LogP contribution in [0.25, 0.3) is 0 Å². The monoisotopic (exact) mass is 376 g/mol. The Kier molecular flexibility index (Phi) is 5.27. The normalized spacial score (nSPS) is 16.6. The van der Waals surface area contributed by atoms with E-state index in [1.807, 2.05) is 18.2 Å². The molecule has 2 aromatic carbocycles. The Bertz CT molecular complexity index is 928. The second kappa shape index (κ2) is 7.45. The first-order valence-electron chi connectivity index (χ1n) is 8.43. The van der Waals surface area contributed by atoms with E-state index in [0.717, 1.165) is 37.1 Å². The van der Waals surface area contributed by atoms with E-state index in [-0.39, 0.29) is 23.0 Å². The number of carbonyl (C=O) groups excluding carboxylic acids is 1. The molecule has 0 heterocycles. The van der Waals surface area contributed by atoms with E-state index in [4.69, 9.17) is 0 Å². The van der Waals surface area contributed by atoms with Crippen molar-refractivity contribution >= 4 is 21.6 Å². The van der Waals surface area contributed by atoms with Crippen molar-refractivity contribution < 1.29 is 17.6 Å². The smallest absolute Gasteiger partial charge is 0.319 e. The predicted molar refractivity (Wildman–Crippen MR) is 99.2 cm³/mol. The Morgan fingerprint density at radius 1 is 1.23 bits per heavy atom. The van der Waals surface area contributed by atoms with Crippen LogP contribution < -0.4 is 10.6 Å². The Labute approximate surface area is 152 Å². The fourth-order valence-electron chi connectivity index (χ4n) is 3.25. The van der Waals surface area contributed by atoms with Crippen molar-refractivity contribution in [2.24, 2.45) is 0 Å². The molecule has 1 unspecified atom stereocenters. The Hall–Kier alpha value is -2.41. The van der Waals surface area contributed by atoms with Crippen molar-refractivity contribution in [3.05, 3.63) is 65.0 Å². The molecule has 0 saturated carbocycles. The molecule has 2 amide bonds. The van der Waals surface area contributed by atoms with Gasteiger partial charge in [-0.05, 0) is 42.5 Å². The number of rotatable bonds is 4. The summed E-state index contributed by atoms with van der Waals surface area (Å²) in [6, 6.07) is 11.5. The van der Waals surface area contributed by atoms with Crippen LogP contribution in [0.4, 0.5) is 14.9 Å². The van der Waals surface area contributed by atoms with Crippen molar-refractivity contribution in [3.8, 4) is 0 Å². The molecule has 1 aliphatic rings. The molecule has 2 aromatic rings. The lowest BCUT2D eigenvalue weighted by atomic mass is 9.88. The number of anilines is 1. The van der Waals surface area contributed by atoms with Crippen molar-refractivity contribution in [1.82, 2.24) is 5.32 Å². The topological polar surface area (TPSA) is 75.3 Å². The highest BCUT2D eigenvalue weighted by Crippen LogP contribution is 2.29. The standard InChI is InChI=1S/C19H21FN2O3S/c1-26(24,25)12-14-9-10-15(11-17(14)20)21-19(23)22-18-8-4-6-13-5-2-3-7-16(13)18/h2-3,5,7,9-11,18H,4,6,8,12H2,1H3,(H2,21,22,23). The summed E-state index contributed by atoms with van der Waals surface area (Å²) in [5, 5.41) is 5.54. The highest BCUT2D eigenvalue weighted by Gasteiger charge is 2.21. The molecule has 1 aliphatic carbocycles. The number of hydrogen-bond acceptors (Lipinski definition) is 3. The highest BCUT2D eigenvalue weighted by molar-refractivity contribution is 7.89. The van der Waals surface area contributed by atoms with Gasteiger partial charge in [0.25, 0.3) is 0 Å². The van der Waals surface area contributed by atoms with Crippen LogP contribution in [0.1, 0.15) is 35.6 Å². The van der Waals surface area contributed by atoms with Gasteiger partial charge in [-0.3, -0.25) is 0 Å². The third-order valence-electron chi connectivity index (χ3n) is 4.40. The van der Waals surface area contributed by atoms with Gasteiger partial charge in [-0.25, -0.2) is 17.6 Å². The van der Waals surface area contributed by atoms with Gasteiger partial charge in [-0.15, -0.1) is 0 Å². The van der Waals surface area contributed by atoms with E-state index in [9.17, 15) is 17.6 Å². The van der Waals surface area contributed by atoms with Gasteiger partial charge in [-0.2, -0.15) is 0 Å². The number of nitrogens with one attached hydrogen (secondary N) is 2. The van der Waals surface area contributed by atoms with Gasteiger partial charge in [-0.1, -0.05) is 30.3 Å². The van der Waals surface area contributed by atoms with Gasteiger partial charge >= 0.3 is 6.03 Å². The molecule has 0 saturated heterocycles. The average Bonchev–Trinajstić information content (AvgIpc) is 2.57. The summed E-state index contributed by atoms with van der Waals surface area (Å²) >= 11 is 0. The summed E-state index contributed by atoms with van der Waals surface area (Å²) in [6.45, 7) is 0. The molecule has 0 spiro atoms. The van der Waals surface area contributed by atoms with Gasteiger partial charge in [0.1, 0.15) is 5.82 Å². The first-order valence-corrected chi connectivity index (χ1v) is 10.5.